The number of fused-ring (bicyclic) bond motifs is 2. The lowest BCUT2D eigenvalue weighted by Gasteiger charge is -2.54. The smallest absolute Gasteiger partial charge is 0.123 e. The third-order valence-corrected chi connectivity index (χ3v) is 3.52. The molecule has 2 bridgehead atoms. The van der Waals surface area contributed by atoms with Crippen LogP contribution in [0.4, 0.5) is 0 Å². The van der Waals surface area contributed by atoms with Crippen molar-refractivity contribution in [1.29, 1.82) is 0 Å². The van der Waals surface area contributed by atoms with E-state index in [1.54, 1.807) is 7.11 Å². The minimum Gasteiger partial charge on any atom is -0.354 e. The van der Waals surface area contributed by atoms with Gasteiger partial charge in [0.2, 0.25) is 0 Å². The summed E-state index contributed by atoms with van der Waals surface area (Å²) in [7, 11) is 1.77. The second kappa shape index (κ2) is 3.32. The van der Waals surface area contributed by atoms with Gasteiger partial charge in [-0.05, 0) is 19.4 Å². The summed E-state index contributed by atoms with van der Waals surface area (Å²) >= 11 is 0. The molecule has 4 rings (SSSR count). The first-order valence-electron chi connectivity index (χ1n) is 5.61. The summed E-state index contributed by atoms with van der Waals surface area (Å²) in [5.41, 5.74) is 0. The van der Waals surface area contributed by atoms with Gasteiger partial charge in [0, 0.05) is 13.1 Å². The highest BCUT2D eigenvalue weighted by Crippen LogP contribution is 2.32. The molecule has 0 aromatic heterocycles. The number of hydrogen-bond acceptors (Lipinski definition) is 4. The second-order valence-electron chi connectivity index (χ2n) is 4.58. The maximum atomic E-state index is 5.33. The Balaban J connectivity index is 1.68. The average molecular weight is 207 g/mol. The van der Waals surface area contributed by atoms with E-state index in [0.717, 1.165) is 18.9 Å². The molecule has 3 saturated heterocycles. The molecule has 0 amide bonds. The molecule has 0 N–H and O–H groups in total. The molecular formula is C11H17N3O. The van der Waals surface area contributed by atoms with Crippen molar-refractivity contribution in [2.75, 3.05) is 20.2 Å². The van der Waals surface area contributed by atoms with Gasteiger partial charge >= 0.3 is 0 Å². The van der Waals surface area contributed by atoms with Gasteiger partial charge in [0.05, 0.1) is 25.2 Å². The number of hydroxylamine groups is 2. The Morgan fingerprint density at radius 2 is 2.13 bits per heavy atom. The van der Waals surface area contributed by atoms with E-state index >= 15 is 0 Å². The van der Waals surface area contributed by atoms with Crippen LogP contribution in [-0.2, 0) is 4.84 Å². The molecule has 0 spiro atoms. The number of aliphatic imine (C=N–C) groups is 1. The van der Waals surface area contributed by atoms with Gasteiger partial charge in [0.25, 0.3) is 0 Å². The molecule has 0 radical (unpaired) electrons. The number of nitrogens with zero attached hydrogens (tertiary/aromatic N) is 3. The monoisotopic (exact) mass is 207 g/mol. The van der Waals surface area contributed by atoms with Crippen molar-refractivity contribution in [2.45, 2.75) is 31.5 Å². The van der Waals surface area contributed by atoms with Gasteiger partial charge < -0.3 is 9.74 Å². The number of amidine groups is 1. The molecule has 0 saturated carbocycles. The fourth-order valence-corrected chi connectivity index (χ4v) is 2.77. The Morgan fingerprint density at radius 1 is 1.40 bits per heavy atom. The van der Waals surface area contributed by atoms with E-state index in [1.165, 1.54) is 6.42 Å². The summed E-state index contributed by atoms with van der Waals surface area (Å²) < 4.78 is 0. The highest BCUT2D eigenvalue weighted by molar-refractivity contribution is 5.95. The van der Waals surface area contributed by atoms with Crippen LogP contribution < -0.4 is 0 Å². The molecule has 0 aromatic carbocycles. The Kier molecular flexibility index (Phi) is 2.07. The Labute approximate surface area is 90.2 Å². The van der Waals surface area contributed by atoms with Crippen molar-refractivity contribution in [3.05, 3.63) is 12.2 Å². The van der Waals surface area contributed by atoms with E-state index in [0.29, 0.717) is 18.1 Å². The number of hydrogen-bond donors (Lipinski definition) is 0. The summed E-state index contributed by atoms with van der Waals surface area (Å²) in [5, 5.41) is 2.12. The van der Waals surface area contributed by atoms with E-state index in [4.69, 9.17) is 4.84 Å². The summed E-state index contributed by atoms with van der Waals surface area (Å²) in [6.07, 6.45) is 5.58. The molecule has 82 valence electrons. The third kappa shape index (κ3) is 1.40. The van der Waals surface area contributed by atoms with Crippen molar-refractivity contribution in [1.82, 2.24) is 9.96 Å². The SMILES string of the molecule is CON1C2CC1CN(C1=NC(C)C=C1)C2. The van der Waals surface area contributed by atoms with Crippen LogP contribution in [0, 0.1) is 0 Å². The zero-order valence-electron chi connectivity index (χ0n) is 9.26. The predicted molar refractivity (Wildman–Crippen MR) is 58.7 cm³/mol. The maximum absolute atomic E-state index is 5.33. The van der Waals surface area contributed by atoms with Crippen molar-refractivity contribution in [3.8, 4) is 0 Å². The first-order valence-corrected chi connectivity index (χ1v) is 5.61. The normalized spacial score (nSPS) is 39.2. The van der Waals surface area contributed by atoms with Crippen LogP contribution in [0.3, 0.4) is 0 Å². The van der Waals surface area contributed by atoms with Crippen molar-refractivity contribution in [3.63, 3.8) is 0 Å². The molecule has 4 aliphatic heterocycles. The van der Waals surface area contributed by atoms with E-state index < -0.39 is 0 Å². The van der Waals surface area contributed by atoms with Crippen molar-refractivity contribution < 1.29 is 4.84 Å². The number of piperazine rings is 1. The summed E-state index contributed by atoms with van der Waals surface area (Å²) in [6, 6.07) is 1.50. The quantitative estimate of drug-likeness (QED) is 0.632. The minimum absolute atomic E-state index is 0.358. The predicted octanol–water partition coefficient (Wildman–Crippen LogP) is 0.663. The fourth-order valence-electron chi connectivity index (χ4n) is 2.77. The summed E-state index contributed by atoms with van der Waals surface area (Å²) in [5.74, 6) is 1.16. The van der Waals surface area contributed by atoms with Gasteiger partial charge in [-0.15, -0.1) is 0 Å². The number of piperidine rings is 1. The van der Waals surface area contributed by atoms with E-state index in [1.807, 2.05) is 0 Å². The van der Waals surface area contributed by atoms with Crippen molar-refractivity contribution >= 4 is 5.84 Å². The summed E-state index contributed by atoms with van der Waals surface area (Å²) in [4.78, 5) is 12.3. The average Bonchev–Trinajstić information content (AvgIpc) is 2.66. The van der Waals surface area contributed by atoms with Gasteiger partial charge in [-0.25, -0.2) is 0 Å². The Hall–Kier alpha value is -0.870. The van der Waals surface area contributed by atoms with Crippen LogP contribution in [0.1, 0.15) is 13.3 Å². The second-order valence-corrected chi connectivity index (χ2v) is 4.58. The molecule has 0 aromatic rings. The van der Waals surface area contributed by atoms with Gasteiger partial charge in [-0.1, -0.05) is 6.08 Å². The van der Waals surface area contributed by atoms with Crippen molar-refractivity contribution in [2.24, 2.45) is 4.99 Å². The molecule has 15 heavy (non-hydrogen) atoms. The van der Waals surface area contributed by atoms with E-state index in [-0.39, 0.29) is 0 Å². The van der Waals surface area contributed by atoms with Gasteiger partial charge in [-0.2, -0.15) is 5.06 Å². The van der Waals surface area contributed by atoms with Gasteiger partial charge in [0.1, 0.15) is 5.84 Å². The van der Waals surface area contributed by atoms with E-state index in [9.17, 15) is 0 Å². The zero-order valence-corrected chi connectivity index (χ0v) is 9.26. The van der Waals surface area contributed by atoms with Crippen LogP contribution in [0.25, 0.3) is 0 Å². The molecule has 4 heteroatoms. The molecular weight excluding hydrogens is 190 g/mol. The van der Waals surface area contributed by atoms with E-state index in [2.05, 4.69) is 34.0 Å². The van der Waals surface area contributed by atoms with Crippen LogP contribution >= 0.6 is 0 Å². The lowest BCUT2D eigenvalue weighted by molar-refractivity contribution is -0.267. The highest BCUT2D eigenvalue weighted by atomic mass is 16.7. The Morgan fingerprint density at radius 3 is 2.67 bits per heavy atom. The first-order chi connectivity index (χ1) is 7.28. The van der Waals surface area contributed by atoms with Gasteiger partial charge in [-0.3, -0.25) is 4.99 Å². The first kappa shape index (κ1) is 9.36. The van der Waals surface area contributed by atoms with Crippen LogP contribution in [0.15, 0.2) is 17.1 Å². The molecule has 3 fully saturated rings. The largest absolute Gasteiger partial charge is 0.354 e. The Bertz CT molecular complexity index is 314. The topological polar surface area (TPSA) is 28.1 Å². The molecule has 3 unspecified atom stereocenters. The molecule has 0 aliphatic carbocycles. The van der Waals surface area contributed by atoms with Gasteiger partial charge in [0.15, 0.2) is 0 Å². The minimum atomic E-state index is 0.358. The molecule has 4 nitrogen and oxygen atoms in total. The zero-order chi connectivity index (χ0) is 10.4. The number of rotatable bonds is 1. The lowest BCUT2D eigenvalue weighted by atomic mass is 9.90. The van der Waals surface area contributed by atoms with Crippen LogP contribution in [0.2, 0.25) is 0 Å². The van der Waals surface area contributed by atoms with Crippen LogP contribution in [-0.4, -0.2) is 54.1 Å². The fraction of sp³-hybridized carbons (Fsp3) is 0.727. The molecule has 3 atom stereocenters. The molecule has 4 heterocycles. The maximum Gasteiger partial charge on any atom is 0.123 e. The lowest BCUT2D eigenvalue weighted by Crippen LogP contribution is -2.68. The summed E-state index contributed by atoms with van der Waals surface area (Å²) in [6.45, 7) is 4.23. The standard InChI is InChI=1S/C11H17N3O/c1-8-3-4-11(12-8)13-6-9-5-10(7-13)14(9)15-2/h3-4,8-10H,5-7H2,1-2H3. The molecule has 4 aliphatic rings. The van der Waals surface area contributed by atoms with Crippen LogP contribution in [0.5, 0.6) is 0 Å². The third-order valence-electron chi connectivity index (χ3n) is 3.52. The highest BCUT2D eigenvalue weighted by Gasteiger charge is 2.46.